The van der Waals surface area contributed by atoms with Crippen LogP contribution in [0.5, 0.6) is 0 Å². The molecule has 3 rings (SSSR count). The standard InChI is InChI=1S/C20H17ClN4O3/c1-2-28-20(27)13-7-3-5-9-15(13)22-18-12-11-17(24-25-18)19(26)23-16-10-6-4-8-14(16)21/h3-12H,2H2,1H3,(H,22,25)(H,23,26). The zero-order chi connectivity index (χ0) is 19.9. The molecule has 3 aromatic rings. The number of esters is 1. The van der Waals surface area contributed by atoms with Crippen LogP contribution in [0.15, 0.2) is 60.7 Å². The quantitative estimate of drug-likeness (QED) is 0.603. The smallest absolute Gasteiger partial charge is 0.340 e. The van der Waals surface area contributed by atoms with Gasteiger partial charge in [-0.1, -0.05) is 35.9 Å². The van der Waals surface area contributed by atoms with Crippen LogP contribution in [0.1, 0.15) is 27.8 Å². The monoisotopic (exact) mass is 396 g/mol. The number of halogens is 1. The fourth-order valence-electron chi connectivity index (χ4n) is 2.39. The lowest BCUT2D eigenvalue weighted by molar-refractivity contribution is 0.0527. The number of ether oxygens (including phenoxy) is 1. The molecule has 28 heavy (non-hydrogen) atoms. The van der Waals surface area contributed by atoms with Crippen molar-refractivity contribution < 1.29 is 14.3 Å². The van der Waals surface area contributed by atoms with E-state index >= 15 is 0 Å². The SMILES string of the molecule is CCOC(=O)c1ccccc1Nc1ccc(C(=O)Nc2ccccc2Cl)nn1. The maximum atomic E-state index is 12.3. The summed E-state index contributed by atoms with van der Waals surface area (Å²) in [6.45, 7) is 2.02. The van der Waals surface area contributed by atoms with E-state index in [1.54, 1.807) is 61.5 Å². The fraction of sp³-hybridized carbons (Fsp3) is 0.100. The van der Waals surface area contributed by atoms with Gasteiger partial charge in [-0.2, -0.15) is 0 Å². The molecule has 8 heteroatoms. The van der Waals surface area contributed by atoms with Crippen LogP contribution in [-0.4, -0.2) is 28.7 Å². The summed E-state index contributed by atoms with van der Waals surface area (Å²) in [5.41, 5.74) is 1.53. The van der Waals surface area contributed by atoms with E-state index < -0.39 is 11.9 Å². The second-order valence-corrected chi connectivity index (χ2v) is 6.04. The molecular formula is C20H17ClN4O3. The van der Waals surface area contributed by atoms with Crippen LogP contribution in [0.25, 0.3) is 0 Å². The van der Waals surface area contributed by atoms with Gasteiger partial charge in [-0.25, -0.2) is 4.79 Å². The Hall–Kier alpha value is -3.45. The molecule has 0 atom stereocenters. The van der Waals surface area contributed by atoms with E-state index in [2.05, 4.69) is 20.8 Å². The Bertz CT molecular complexity index is 993. The van der Waals surface area contributed by atoms with Crippen LogP contribution in [0.4, 0.5) is 17.2 Å². The summed E-state index contributed by atoms with van der Waals surface area (Å²) in [6.07, 6.45) is 0. The van der Waals surface area contributed by atoms with E-state index in [9.17, 15) is 9.59 Å². The highest BCUT2D eigenvalue weighted by atomic mass is 35.5. The number of carbonyl (C=O) groups is 2. The van der Waals surface area contributed by atoms with Crippen LogP contribution in [-0.2, 0) is 4.74 Å². The van der Waals surface area contributed by atoms with Gasteiger partial charge in [0.15, 0.2) is 11.5 Å². The maximum absolute atomic E-state index is 12.3. The summed E-state index contributed by atoms with van der Waals surface area (Å²) < 4.78 is 5.04. The number of nitrogens with one attached hydrogen (secondary N) is 2. The highest BCUT2D eigenvalue weighted by Crippen LogP contribution is 2.22. The minimum absolute atomic E-state index is 0.129. The molecule has 142 valence electrons. The Morgan fingerprint density at radius 1 is 0.964 bits per heavy atom. The third-order valence-electron chi connectivity index (χ3n) is 3.70. The zero-order valence-corrected chi connectivity index (χ0v) is 15.7. The van der Waals surface area contributed by atoms with Crippen molar-refractivity contribution >= 4 is 40.7 Å². The van der Waals surface area contributed by atoms with Crippen LogP contribution < -0.4 is 10.6 Å². The summed E-state index contributed by atoms with van der Waals surface area (Å²) in [6, 6.07) is 16.9. The largest absolute Gasteiger partial charge is 0.462 e. The number of rotatable bonds is 6. The van der Waals surface area contributed by atoms with Gasteiger partial charge in [0, 0.05) is 0 Å². The van der Waals surface area contributed by atoms with E-state index in [4.69, 9.17) is 16.3 Å². The van der Waals surface area contributed by atoms with Crippen molar-refractivity contribution in [3.05, 3.63) is 76.9 Å². The molecular weight excluding hydrogens is 380 g/mol. The third kappa shape index (κ3) is 4.63. The summed E-state index contributed by atoms with van der Waals surface area (Å²) in [5.74, 6) is -0.487. The first-order valence-corrected chi connectivity index (χ1v) is 8.89. The molecule has 1 heterocycles. The molecule has 2 N–H and O–H groups in total. The average Bonchev–Trinajstić information content (AvgIpc) is 2.71. The number of nitrogens with zero attached hydrogens (tertiary/aromatic N) is 2. The molecule has 7 nitrogen and oxygen atoms in total. The fourth-order valence-corrected chi connectivity index (χ4v) is 2.57. The lowest BCUT2D eigenvalue weighted by atomic mass is 10.2. The molecule has 0 fully saturated rings. The summed E-state index contributed by atoms with van der Waals surface area (Å²) in [5, 5.41) is 14.0. The van der Waals surface area contributed by atoms with Crippen molar-refractivity contribution in [2.24, 2.45) is 0 Å². The minimum Gasteiger partial charge on any atom is -0.462 e. The van der Waals surface area contributed by atoms with E-state index in [0.717, 1.165) is 0 Å². The van der Waals surface area contributed by atoms with Crippen molar-refractivity contribution in [2.75, 3.05) is 17.2 Å². The number of benzene rings is 2. The second kappa shape index (κ2) is 8.96. The maximum Gasteiger partial charge on any atom is 0.340 e. The number of anilines is 3. The zero-order valence-electron chi connectivity index (χ0n) is 15.0. The molecule has 0 aliphatic carbocycles. The first kappa shape index (κ1) is 19.3. The summed E-state index contributed by atoms with van der Waals surface area (Å²) >= 11 is 6.04. The molecule has 1 amide bonds. The lowest BCUT2D eigenvalue weighted by Crippen LogP contribution is -2.15. The van der Waals surface area contributed by atoms with Crippen LogP contribution in [0.3, 0.4) is 0 Å². The Labute approximate surface area is 166 Å². The van der Waals surface area contributed by atoms with E-state index in [-0.39, 0.29) is 12.3 Å². The number of amides is 1. The molecule has 0 radical (unpaired) electrons. The number of hydrogen-bond acceptors (Lipinski definition) is 6. The minimum atomic E-state index is -0.436. The Balaban J connectivity index is 1.73. The average molecular weight is 397 g/mol. The molecule has 0 spiro atoms. The molecule has 0 aliphatic heterocycles. The topological polar surface area (TPSA) is 93.2 Å². The molecule has 2 aromatic carbocycles. The van der Waals surface area contributed by atoms with Crippen LogP contribution in [0, 0.1) is 0 Å². The highest BCUT2D eigenvalue weighted by Gasteiger charge is 2.14. The van der Waals surface area contributed by atoms with Gasteiger partial charge in [0.25, 0.3) is 5.91 Å². The lowest BCUT2D eigenvalue weighted by Gasteiger charge is -2.10. The van der Waals surface area contributed by atoms with Gasteiger partial charge < -0.3 is 15.4 Å². The van der Waals surface area contributed by atoms with Crippen LogP contribution in [0.2, 0.25) is 5.02 Å². The highest BCUT2D eigenvalue weighted by molar-refractivity contribution is 6.33. The van der Waals surface area contributed by atoms with Gasteiger partial charge in [-0.3, -0.25) is 4.79 Å². The van der Waals surface area contributed by atoms with Crippen molar-refractivity contribution in [1.29, 1.82) is 0 Å². The van der Waals surface area contributed by atoms with Gasteiger partial charge in [0.1, 0.15) is 0 Å². The first-order valence-electron chi connectivity index (χ1n) is 8.51. The Morgan fingerprint density at radius 2 is 1.68 bits per heavy atom. The van der Waals surface area contributed by atoms with Crippen molar-refractivity contribution in [2.45, 2.75) is 6.92 Å². The number of para-hydroxylation sites is 2. The third-order valence-corrected chi connectivity index (χ3v) is 4.03. The van der Waals surface area contributed by atoms with E-state index in [1.807, 2.05) is 0 Å². The first-order chi connectivity index (χ1) is 13.6. The van der Waals surface area contributed by atoms with Gasteiger partial charge in [-0.15, -0.1) is 10.2 Å². The number of hydrogen-bond donors (Lipinski definition) is 2. The summed E-state index contributed by atoms with van der Waals surface area (Å²) in [7, 11) is 0. The molecule has 0 bridgehead atoms. The van der Waals surface area contributed by atoms with Gasteiger partial charge in [0.2, 0.25) is 0 Å². The van der Waals surface area contributed by atoms with Gasteiger partial charge in [0.05, 0.1) is 28.6 Å². The Kier molecular flexibility index (Phi) is 6.18. The molecule has 0 unspecified atom stereocenters. The van der Waals surface area contributed by atoms with Crippen molar-refractivity contribution in [3.63, 3.8) is 0 Å². The summed E-state index contributed by atoms with van der Waals surface area (Å²) in [4.78, 5) is 24.3. The predicted molar refractivity (Wildman–Crippen MR) is 107 cm³/mol. The van der Waals surface area contributed by atoms with Crippen molar-refractivity contribution in [3.8, 4) is 0 Å². The predicted octanol–water partition coefficient (Wildman–Crippen LogP) is 4.30. The van der Waals surface area contributed by atoms with Gasteiger partial charge in [-0.05, 0) is 43.3 Å². The van der Waals surface area contributed by atoms with E-state index in [1.165, 1.54) is 6.07 Å². The van der Waals surface area contributed by atoms with Crippen molar-refractivity contribution in [1.82, 2.24) is 10.2 Å². The molecule has 0 saturated heterocycles. The van der Waals surface area contributed by atoms with Crippen LogP contribution >= 0.6 is 11.6 Å². The van der Waals surface area contributed by atoms with Gasteiger partial charge >= 0.3 is 5.97 Å². The molecule has 0 aliphatic rings. The van der Waals surface area contributed by atoms with E-state index in [0.29, 0.717) is 27.8 Å². The normalized spacial score (nSPS) is 10.2. The number of aromatic nitrogens is 2. The molecule has 0 saturated carbocycles. The second-order valence-electron chi connectivity index (χ2n) is 5.63. The number of carbonyl (C=O) groups excluding carboxylic acids is 2. The molecule has 1 aromatic heterocycles. The Morgan fingerprint density at radius 3 is 2.36 bits per heavy atom.